The molecule has 2 N–H and O–H groups in total. The number of methoxy groups -OCH3 is 1. The minimum Gasteiger partial charge on any atom is -0.497 e. The summed E-state index contributed by atoms with van der Waals surface area (Å²) in [5, 5.41) is 8.35. The normalized spacial score (nSPS) is 15.3. The Hall–Kier alpha value is -1.85. The molecule has 1 aromatic heterocycles. The average Bonchev–Trinajstić information content (AvgIpc) is 2.68. The third-order valence-electron chi connectivity index (χ3n) is 5.10. The second kappa shape index (κ2) is 9.74. The van der Waals surface area contributed by atoms with E-state index in [1.807, 2.05) is 18.3 Å². The van der Waals surface area contributed by atoms with E-state index in [0.717, 1.165) is 67.9 Å². The molecule has 2 heterocycles. The van der Waals surface area contributed by atoms with Crippen LogP contribution < -0.4 is 15.4 Å². The first-order chi connectivity index (χ1) is 12.8. The van der Waals surface area contributed by atoms with Crippen molar-refractivity contribution in [3.8, 4) is 5.75 Å². The average molecular weight is 357 g/mol. The van der Waals surface area contributed by atoms with Crippen LogP contribution in [0.5, 0.6) is 5.75 Å². The number of aromatic nitrogens is 1. The Morgan fingerprint density at radius 1 is 1.15 bits per heavy atom. The van der Waals surface area contributed by atoms with Gasteiger partial charge in [-0.15, -0.1) is 0 Å². The highest BCUT2D eigenvalue weighted by molar-refractivity contribution is 5.93. The number of aryl methyl sites for hydroxylation is 1. The molecule has 0 spiro atoms. The van der Waals surface area contributed by atoms with Crippen molar-refractivity contribution in [2.75, 3.05) is 38.7 Å². The first-order valence-corrected chi connectivity index (χ1v) is 9.76. The summed E-state index contributed by atoms with van der Waals surface area (Å²) in [4.78, 5) is 4.56. The molecule has 142 valence electrons. The molecule has 0 radical (unpaired) electrons. The number of rotatable bonds is 9. The molecule has 1 aliphatic heterocycles. The number of hydrogen-bond donors (Lipinski definition) is 2. The molecule has 3 rings (SSSR count). The van der Waals surface area contributed by atoms with Crippen LogP contribution in [0, 0.1) is 6.92 Å². The van der Waals surface area contributed by atoms with Crippen LogP contribution in [0.2, 0.25) is 0 Å². The Balaban J connectivity index is 1.43. The molecule has 2 aromatic rings. The molecule has 0 unspecified atom stereocenters. The maximum atomic E-state index is 5.45. The molecule has 1 aromatic carbocycles. The van der Waals surface area contributed by atoms with Gasteiger partial charge in [-0.3, -0.25) is 4.98 Å². The number of nitrogens with one attached hydrogen (secondary N) is 2. The highest BCUT2D eigenvalue weighted by Crippen LogP contribution is 2.29. The van der Waals surface area contributed by atoms with Gasteiger partial charge in [0, 0.05) is 43.4 Å². The summed E-state index contributed by atoms with van der Waals surface area (Å²) < 4.78 is 10.8. The highest BCUT2D eigenvalue weighted by atomic mass is 16.5. The fraction of sp³-hybridized carbons (Fsp3) is 0.571. The summed E-state index contributed by atoms with van der Waals surface area (Å²) in [5.74, 6) is 0.872. The van der Waals surface area contributed by atoms with Crippen molar-refractivity contribution in [3.05, 3.63) is 30.0 Å². The molecule has 1 aliphatic rings. The van der Waals surface area contributed by atoms with Crippen molar-refractivity contribution >= 4 is 16.6 Å². The number of unbranched alkanes of at least 4 members (excludes halogenated alkanes) is 2. The Kier molecular flexibility index (Phi) is 7.09. The largest absolute Gasteiger partial charge is 0.497 e. The van der Waals surface area contributed by atoms with E-state index in [2.05, 4.69) is 28.6 Å². The standard InChI is InChI=1S/C21H31N3O2/c1-16-6-11-24-21-19(16)14-18(25-2)15-20(21)23-10-5-3-4-9-22-17-7-12-26-13-8-17/h6,11,14-15,17,22-23H,3-5,7-10,12-13H2,1-2H3. The summed E-state index contributed by atoms with van der Waals surface area (Å²) >= 11 is 0. The van der Waals surface area contributed by atoms with Crippen LogP contribution in [0.1, 0.15) is 37.7 Å². The van der Waals surface area contributed by atoms with E-state index in [4.69, 9.17) is 9.47 Å². The Morgan fingerprint density at radius 3 is 2.77 bits per heavy atom. The molecule has 0 saturated carbocycles. The number of fused-ring (bicyclic) bond motifs is 1. The molecule has 0 aliphatic carbocycles. The summed E-state index contributed by atoms with van der Waals surface area (Å²) in [6, 6.07) is 6.79. The zero-order valence-corrected chi connectivity index (χ0v) is 16.0. The van der Waals surface area contributed by atoms with Crippen molar-refractivity contribution in [1.29, 1.82) is 0 Å². The van der Waals surface area contributed by atoms with Crippen LogP contribution in [0.25, 0.3) is 10.9 Å². The van der Waals surface area contributed by atoms with Gasteiger partial charge in [0.1, 0.15) is 5.75 Å². The van der Waals surface area contributed by atoms with Crippen molar-refractivity contribution in [2.24, 2.45) is 0 Å². The van der Waals surface area contributed by atoms with Crippen molar-refractivity contribution in [3.63, 3.8) is 0 Å². The first kappa shape index (κ1) is 18.9. The topological polar surface area (TPSA) is 55.4 Å². The van der Waals surface area contributed by atoms with E-state index in [-0.39, 0.29) is 0 Å². The SMILES string of the molecule is COc1cc(NCCCCCNC2CCOCC2)c2nccc(C)c2c1. The van der Waals surface area contributed by atoms with E-state index in [0.29, 0.717) is 6.04 Å². The van der Waals surface area contributed by atoms with Crippen molar-refractivity contribution in [2.45, 2.75) is 45.1 Å². The molecule has 5 heteroatoms. The van der Waals surface area contributed by atoms with Gasteiger partial charge in [0.05, 0.1) is 18.3 Å². The second-order valence-electron chi connectivity index (χ2n) is 7.03. The fourth-order valence-electron chi connectivity index (χ4n) is 3.47. The minimum absolute atomic E-state index is 0.652. The minimum atomic E-state index is 0.652. The Bertz CT molecular complexity index is 699. The molecule has 5 nitrogen and oxygen atoms in total. The fourth-order valence-corrected chi connectivity index (χ4v) is 3.47. The van der Waals surface area contributed by atoms with Crippen LogP contribution in [-0.2, 0) is 4.74 Å². The predicted molar refractivity (Wildman–Crippen MR) is 107 cm³/mol. The van der Waals surface area contributed by atoms with Crippen molar-refractivity contribution < 1.29 is 9.47 Å². The third kappa shape index (κ3) is 5.08. The number of nitrogens with zero attached hydrogens (tertiary/aromatic N) is 1. The quantitative estimate of drug-likeness (QED) is 0.667. The van der Waals surface area contributed by atoms with Gasteiger partial charge in [-0.2, -0.15) is 0 Å². The van der Waals surface area contributed by atoms with E-state index in [1.54, 1.807) is 7.11 Å². The monoisotopic (exact) mass is 357 g/mol. The lowest BCUT2D eigenvalue weighted by Crippen LogP contribution is -2.35. The summed E-state index contributed by atoms with van der Waals surface area (Å²) in [5.41, 5.74) is 3.30. The first-order valence-electron chi connectivity index (χ1n) is 9.76. The second-order valence-corrected chi connectivity index (χ2v) is 7.03. The Labute approximate surface area is 156 Å². The van der Waals surface area contributed by atoms with Gasteiger partial charge in [-0.25, -0.2) is 0 Å². The zero-order valence-electron chi connectivity index (χ0n) is 16.0. The van der Waals surface area contributed by atoms with Gasteiger partial charge in [0.2, 0.25) is 0 Å². The maximum absolute atomic E-state index is 5.45. The van der Waals surface area contributed by atoms with E-state index in [9.17, 15) is 0 Å². The van der Waals surface area contributed by atoms with Crippen molar-refractivity contribution in [1.82, 2.24) is 10.3 Å². The van der Waals surface area contributed by atoms with Gasteiger partial charge in [-0.05, 0) is 56.8 Å². The van der Waals surface area contributed by atoms with E-state index in [1.165, 1.54) is 18.4 Å². The summed E-state index contributed by atoms with van der Waals surface area (Å²) in [6.07, 6.45) is 7.76. The smallest absolute Gasteiger partial charge is 0.121 e. The maximum Gasteiger partial charge on any atom is 0.121 e. The number of hydrogen-bond acceptors (Lipinski definition) is 5. The predicted octanol–water partition coefficient (Wildman–Crippen LogP) is 3.90. The highest BCUT2D eigenvalue weighted by Gasteiger charge is 2.12. The number of benzene rings is 1. The summed E-state index contributed by atoms with van der Waals surface area (Å²) in [7, 11) is 1.71. The number of ether oxygens (including phenoxy) is 2. The van der Waals surface area contributed by atoms with Crippen LogP contribution >= 0.6 is 0 Å². The van der Waals surface area contributed by atoms with Gasteiger partial charge in [0.25, 0.3) is 0 Å². The zero-order chi connectivity index (χ0) is 18.2. The molecule has 0 amide bonds. The molecular weight excluding hydrogens is 326 g/mol. The third-order valence-corrected chi connectivity index (χ3v) is 5.10. The van der Waals surface area contributed by atoms with Gasteiger partial charge in [-0.1, -0.05) is 6.42 Å². The summed E-state index contributed by atoms with van der Waals surface area (Å²) in [6.45, 7) is 5.98. The molecule has 26 heavy (non-hydrogen) atoms. The van der Waals surface area contributed by atoms with E-state index >= 15 is 0 Å². The molecule has 1 saturated heterocycles. The Morgan fingerprint density at radius 2 is 1.96 bits per heavy atom. The van der Waals surface area contributed by atoms with Gasteiger partial charge in [0.15, 0.2) is 0 Å². The van der Waals surface area contributed by atoms with Crippen LogP contribution in [0.3, 0.4) is 0 Å². The lowest BCUT2D eigenvalue weighted by Gasteiger charge is -2.23. The van der Waals surface area contributed by atoms with E-state index < -0.39 is 0 Å². The lowest BCUT2D eigenvalue weighted by atomic mass is 10.1. The molecular formula is C21H31N3O2. The van der Waals surface area contributed by atoms with Crippen LogP contribution in [0.15, 0.2) is 24.4 Å². The van der Waals surface area contributed by atoms with Gasteiger partial charge >= 0.3 is 0 Å². The van der Waals surface area contributed by atoms with Gasteiger partial charge < -0.3 is 20.1 Å². The molecule has 1 fully saturated rings. The number of anilines is 1. The van der Waals surface area contributed by atoms with Crippen LogP contribution in [0.4, 0.5) is 5.69 Å². The number of pyridine rings is 1. The van der Waals surface area contributed by atoms with Crippen LogP contribution in [-0.4, -0.2) is 44.4 Å². The lowest BCUT2D eigenvalue weighted by molar-refractivity contribution is 0.0780. The molecule has 0 bridgehead atoms. The molecule has 0 atom stereocenters.